The van der Waals surface area contributed by atoms with E-state index in [0.717, 1.165) is 0 Å². The van der Waals surface area contributed by atoms with E-state index in [4.69, 9.17) is 0 Å². The molecule has 0 amide bonds. The maximum Gasteiger partial charge on any atom is 0.421 e. The monoisotopic (exact) mass is 210 g/mol. The molecule has 78 valence electrons. The Kier molecular flexibility index (Phi) is 3.34. The molecule has 0 bridgehead atoms. The van der Waals surface area contributed by atoms with Crippen molar-refractivity contribution in [1.29, 1.82) is 0 Å². The summed E-state index contributed by atoms with van der Waals surface area (Å²) in [6.45, 7) is -1.31. The van der Waals surface area contributed by atoms with Crippen molar-refractivity contribution in [2.75, 3.05) is 6.67 Å². The van der Waals surface area contributed by atoms with E-state index in [1.54, 1.807) is 0 Å². The highest BCUT2D eigenvalue weighted by Gasteiger charge is 2.51. The summed E-state index contributed by atoms with van der Waals surface area (Å²) in [5, 5.41) is 0. The summed E-state index contributed by atoms with van der Waals surface area (Å²) >= 11 is 0. The molecule has 0 atom stereocenters. The SMILES string of the molecule is CC(CF)=C(C(F)(F)F)C(F)(F)F. The smallest absolute Gasteiger partial charge is 0.246 e. The summed E-state index contributed by atoms with van der Waals surface area (Å²) in [5.74, 6) is 0. The van der Waals surface area contributed by atoms with Crippen molar-refractivity contribution in [2.24, 2.45) is 0 Å². The Morgan fingerprint density at radius 2 is 1.23 bits per heavy atom. The Balaban J connectivity index is 5.25. The average molecular weight is 210 g/mol. The quantitative estimate of drug-likeness (QED) is 0.459. The van der Waals surface area contributed by atoms with Crippen LogP contribution in [0.25, 0.3) is 0 Å². The first kappa shape index (κ1) is 12.2. The van der Waals surface area contributed by atoms with Crippen LogP contribution in [-0.4, -0.2) is 19.0 Å². The van der Waals surface area contributed by atoms with Crippen molar-refractivity contribution < 1.29 is 30.7 Å². The molecule has 0 aromatic heterocycles. The van der Waals surface area contributed by atoms with Crippen LogP contribution in [0.4, 0.5) is 30.7 Å². The number of allylic oxidation sites excluding steroid dienone is 2. The van der Waals surface area contributed by atoms with Crippen molar-refractivity contribution in [3.8, 4) is 0 Å². The molecule has 0 N–H and O–H groups in total. The fourth-order valence-corrected chi connectivity index (χ4v) is 0.711. The van der Waals surface area contributed by atoms with Gasteiger partial charge < -0.3 is 0 Å². The largest absolute Gasteiger partial charge is 0.421 e. The molecule has 0 fully saturated rings. The molecule has 0 radical (unpaired) electrons. The highest BCUT2D eigenvalue weighted by molar-refractivity contribution is 5.22. The standard InChI is InChI=1S/C6H5F7/c1-3(2-7)4(5(8,9)10)6(11,12)13/h2H2,1H3. The Hall–Kier alpha value is -0.750. The lowest BCUT2D eigenvalue weighted by atomic mass is 10.1. The maximum absolute atomic E-state index is 11.7. The van der Waals surface area contributed by atoms with Crippen molar-refractivity contribution in [1.82, 2.24) is 0 Å². The summed E-state index contributed by atoms with van der Waals surface area (Å²) in [4.78, 5) is 0. The van der Waals surface area contributed by atoms with Gasteiger partial charge in [-0.1, -0.05) is 0 Å². The van der Waals surface area contributed by atoms with Crippen LogP contribution in [0.1, 0.15) is 6.92 Å². The van der Waals surface area contributed by atoms with Crippen LogP contribution in [0, 0.1) is 0 Å². The third kappa shape index (κ3) is 3.23. The molecule has 0 spiro atoms. The van der Waals surface area contributed by atoms with Crippen LogP contribution < -0.4 is 0 Å². The maximum atomic E-state index is 11.7. The zero-order valence-electron chi connectivity index (χ0n) is 6.35. The molecule has 0 aliphatic heterocycles. The Morgan fingerprint density at radius 3 is 1.31 bits per heavy atom. The topological polar surface area (TPSA) is 0 Å². The highest BCUT2D eigenvalue weighted by Crippen LogP contribution is 2.40. The fourth-order valence-electron chi connectivity index (χ4n) is 0.711. The summed E-state index contributed by atoms with van der Waals surface area (Å²) in [5.41, 5.74) is -4.12. The first-order chi connectivity index (χ1) is 5.60. The lowest BCUT2D eigenvalue weighted by molar-refractivity contribution is -0.173. The molecule has 0 aromatic carbocycles. The molecule has 0 heterocycles. The van der Waals surface area contributed by atoms with Crippen LogP contribution in [0.2, 0.25) is 0 Å². The normalized spacial score (nSPS) is 12.9. The van der Waals surface area contributed by atoms with Gasteiger partial charge in [0.05, 0.1) is 0 Å². The third-order valence-corrected chi connectivity index (χ3v) is 1.19. The van der Waals surface area contributed by atoms with Gasteiger partial charge in [0.1, 0.15) is 12.2 Å². The third-order valence-electron chi connectivity index (χ3n) is 1.19. The fraction of sp³-hybridized carbons (Fsp3) is 0.667. The summed E-state index contributed by atoms with van der Waals surface area (Å²) in [6, 6.07) is 0. The Labute approximate surface area is 69.0 Å². The van der Waals surface area contributed by atoms with Gasteiger partial charge in [0, 0.05) is 0 Å². The second kappa shape index (κ2) is 3.55. The molecule has 0 aliphatic carbocycles. The van der Waals surface area contributed by atoms with Crippen molar-refractivity contribution in [2.45, 2.75) is 19.3 Å². The predicted octanol–water partition coefficient (Wildman–Crippen LogP) is 3.40. The highest BCUT2D eigenvalue weighted by atomic mass is 19.4. The van der Waals surface area contributed by atoms with E-state index in [-0.39, 0.29) is 0 Å². The van der Waals surface area contributed by atoms with E-state index >= 15 is 0 Å². The van der Waals surface area contributed by atoms with E-state index in [0.29, 0.717) is 6.92 Å². The minimum Gasteiger partial charge on any atom is -0.246 e. The second-order valence-electron chi connectivity index (χ2n) is 2.28. The Bertz CT molecular complexity index is 190. The molecule has 7 heteroatoms. The molecule has 0 saturated carbocycles. The van der Waals surface area contributed by atoms with E-state index in [9.17, 15) is 30.7 Å². The van der Waals surface area contributed by atoms with E-state index in [1.165, 1.54) is 0 Å². The lowest BCUT2D eigenvalue weighted by Gasteiger charge is -2.16. The summed E-state index contributed by atoms with van der Waals surface area (Å²) < 4.78 is 81.9. The van der Waals surface area contributed by atoms with Crippen LogP contribution in [0.5, 0.6) is 0 Å². The number of hydrogen-bond acceptors (Lipinski definition) is 0. The average Bonchev–Trinajstić information content (AvgIpc) is 1.80. The first-order valence-electron chi connectivity index (χ1n) is 3.00. The second-order valence-corrected chi connectivity index (χ2v) is 2.28. The number of hydrogen-bond donors (Lipinski definition) is 0. The number of halogens is 7. The molecule has 13 heavy (non-hydrogen) atoms. The van der Waals surface area contributed by atoms with Crippen LogP contribution >= 0.6 is 0 Å². The minimum absolute atomic E-state index is 0.455. The van der Waals surface area contributed by atoms with Gasteiger partial charge in [0.2, 0.25) is 0 Å². The van der Waals surface area contributed by atoms with E-state index in [1.807, 2.05) is 0 Å². The van der Waals surface area contributed by atoms with Crippen LogP contribution in [-0.2, 0) is 0 Å². The van der Waals surface area contributed by atoms with Crippen LogP contribution in [0.3, 0.4) is 0 Å². The van der Waals surface area contributed by atoms with E-state index < -0.39 is 30.2 Å². The molecule has 0 unspecified atom stereocenters. The summed E-state index contributed by atoms with van der Waals surface area (Å²) in [6.07, 6.45) is -11.1. The molecule has 0 saturated heterocycles. The van der Waals surface area contributed by atoms with Crippen LogP contribution in [0.15, 0.2) is 11.1 Å². The van der Waals surface area contributed by atoms with Crippen molar-refractivity contribution in [3.05, 3.63) is 11.1 Å². The number of rotatable bonds is 1. The molecular formula is C6H5F7. The Morgan fingerprint density at radius 1 is 0.923 bits per heavy atom. The summed E-state index contributed by atoms with van der Waals surface area (Å²) in [7, 11) is 0. The van der Waals surface area contributed by atoms with Gasteiger partial charge in [0.25, 0.3) is 0 Å². The zero-order valence-corrected chi connectivity index (χ0v) is 6.35. The first-order valence-corrected chi connectivity index (χ1v) is 3.00. The molecule has 0 nitrogen and oxygen atoms in total. The van der Waals surface area contributed by atoms with Gasteiger partial charge in [-0.25, -0.2) is 4.39 Å². The van der Waals surface area contributed by atoms with Gasteiger partial charge >= 0.3 is 12.4 Å². The predicted molar refractivity (Wildman–Crippen MR) is 30.8 cm³/mol. The molecule has 0 aliphatic rings. The lowest BCUT2D eigenvalue weighted by Crippen LogP contribution is -2.28. The van der Waals surface area contributed by atoms with Gasteiger partial charge in [-0.2, -0.15) is 26.3 Å². The van der Waals surface area contributed by atoms with Gasteiger partial charge in [0.15, 0.2) is 0 Å². The molecule has 0 rings (SSSR count). The van der Waals surface area contributed by atoms with Crippen molar-refractivity contribution >= 4 is 0 Å². The van der Waals surface area contributed by atoms with Gasteiger partial charge in [-0.15, -0.1) is 0 Å². The zero-order chi connectivity index (χ0) is 10.9. The van der Waals surface area contributed by atoms with Gasteiger partial charge in [-0.05, 0) is 12.5 Å². The minimum atomic E-state index is -5.56. The van der Waals surface area contributed by atoms with Gasteiger partial charge in [-0.3, -0.25) is 0 Å². The molecule has 0 aromatic rings. The molecular weight excluding hydrogens is 205 g/mol. The van der Waals surface area contributed by atoms with E-state index in [2.05, 4.69) is 0 Å². The van der Waals surface area contributed by atoms with Crippen molar-refractivity contribution in [3.63, 3.8) is 0 Å². The number of alkyl halides is 7.